The minimum Gasteiger partial charge on any atom is -0.482 e. The van der Waals surface area contributed by atoms with Gasteiger partial charge in [0, 0.05) is 19.5 Å². The number of aryl methyl sites for hydroxylation is 1. The van der Waals surface area contributed by atoms with Crippen molar-refractivity contribution in [3.05, 3.63) is 29.9 Å². The Morgan fingerprint density at radius 2 is 1.96 bits per heavy atom. The van der Waals surface area contributed by atoms with Crippen LogP contribution in [0.15, 0.2) is 27.6 Å². The van der Waals surface area contributed by atoms with Gasteiger partial charge in [0.05, 0.1) is 17.1 Å². The zero-order valence-electron chi connectivity index (χ0n) is 15.5. The summed E-state index contributed by atoms with van der Waals surface area (Å²) in [6, 6.07) is 4.52. The van der Waals surface area contributed by atoms with Crippen molar-refractivity contribution in [1.82, 2.24) is 14.4 Å². The number of nitrogens with zero attached hydrogens (tertiary/aromatic N) is 4. The molecule has 2 heterocycles. The molecule has 0 N–H and O–H groups in total. The van der Waals surface area contributed by atoms with Crippen LogP contribution in [0, 0.1) is 0 Å². The fourth-order valence-corrected chi connectivity index (χ4v) is 4.35. The lowest BCUT2D eigenvalue weighted by Crippen LogP contribution is -2.39. The number of aromatic nitrogens is 2. The lowest BCUT2D eigenvalue weighted by atomic mass is 10.2. The highest BCUT2D eigenvalue weighted by Gasteiger charge is 2.30. The maximum absolute atomic E-state index is 12.8. The smallest absolute Gasteiger partial charge is 0.265 e. The van der Waals surface area contributed by atoms with Gasteiger partial charge in [-0.25, -0.2) is 8.42 Å². The number of amides is 1. The van der Waals surface area contributed by atoms with E-state index in [9.17, 15) is 13.2 Å². The van der Waals surface area contributed by atoms with Crippen molar-refractivity contribution >= 4 is 21.6 Å². The van der Waals surface area contributed by atoms with Crippen LogP contribution in [0.5, 0.6) is 5.75 Å². The summed E-state index contributed by atoms with van der Waals surface area (Å²) in [5, 5.41) is 3.87. The first-order chi connectivity index (χ1) is 12.9. The average Bonchev–Trinajstić information content (AvgIpc) is 3.12. The summed E-state index contributed by atoms with van der Waals surface area (Å²) in [5.74, 6) is 0.962. The van der Waals surface area contributed by atoms with Crippen molar-refractivity contribution in [3.8, 4) is 5.75 Å². The summed E-state index contributed by atoms with van der Waals surface area (Å²) in [7, 11) is -3.66. The van der Waals surface area contributed by atoms with Crippen LogP contribution in [0.25, 0.3) is 0 Å². The Bertz CT molecular complexity index is 937. The monoisotopic (exact) mass is 394 g/mol. The van der Waals surface area contributed by atoms with Gasteiger partial charge in [-0.05, 0) is 18.2 Å². The number of carbonyl (C=O) groups excluding carboxylic acids is 1. The number of hydrogen-bond acceptors (Lipinski definition) is 7. The van der Waals surface area contributed by atoms with Crippen LogP contribution >= 0.6 is 0 Å². The van der Waals surface area contributed by atoms with E-state index in [0.29, 0.717) is 42.7 Å². The molecular weight excluding hydrogens is 372 g/mol. The normalized spacial score (nSPS) is 14.4. The Morgan fingerprint density at radius 1 is 1.22 bits per heavy atom. The molecule has 27 heavy (non-hydrogen) atoms. The zero-order valence-corrected chi connectivity index (χ0v) is 16.3. The molecule has 0 unspecified atom stereocenters. The lowest BCUT2D eigenvalue weighted by Gasteiger charge is -2.29. The fraction of sp³-hybridized carbons (Fsp3) is 0.471. The van der Waals surface area contributed by atoms with E-state index in [1.54, 1.807) is 19.9 Å². The molecule has 0 aliphatic carbocycles. The van der Waals surface area contributed by atoms with Gasteiger partial charge in [0.1, 0.15) is 5.75 Å². The molecule has 0 saturated heterocycles. The Balaban J connectivity index is 1.99. The number of fused-ring (bicyclic) bond motifs is 1. The van der Waals surface area contributed by atoms with E-state index >= 15 is 0 Å². The quantitative estimate of drug-likeness (QED) is 0.702. The largest absolute Gasteiger partial charge is 0.482 e. The van der Waals surface area contributed by atoms with Gasteiger partial charge in [0.2, 0.25) is 15.9 Å². The number of ether oxygens (including phenoxy) is 1. The summed E-state index contributed by atoms with van der Waals surface area (Å²) in [6.07, 6.45) is 0.590. The Hall–Kier alpha value is -2.46. The van der Waals surface area contributed by atoms with E-state index in [0.717, 1.165) is 0 Å². The summed E-state index contributed by atoms with van der Waals surface area (Å²) in [4.78, 5) is 18.1. The molecule has 0 fully saturated rings. The average molecular weight is 394 g/mol. The molecule has 1 amide bonds. The molecule has 0 saturated carbocycles. The maximum atomic E-state index is 12.8. The topological polar surface area (TPSA) is 106 Å². The molecule has 0 spiro atoms. The predicted molar refractivity (Wildman–Crippen MR) is 96.9 cm³/mol. The van der Waals surface area contributed by atoms with E-state index in [1.807, 2.05) is 6.92 Å². The number of benzene rings is 1. The minimum absolute atomic E-state index is 0.0768. The standard InChI is InChI=1S/C17H22N4O5S/c1-4-16-18-15(19-26-16)10-21-13-9-12(27(23,24)20(5-2)6-3)7-8-14(13)25-11-17(21)22/h7-9H,4-6,10-11H2,1-3H3. The first-order valence-electron chi connectivity index (χ1n) is 8.79. The molecule has 1 aliphatic rings. The van der Waals surface area contributed by atoms with E-state index < -0.39 is 10.0 Å². The first-order valence-corrected chi connectivity index (χ1v) is 10.2. The van der Waals surface area contributed by atoms with Crippen LogP contribution in [0.3, 0.4) is 0 Å². The molecule has 1 aromatic heterocycles. The Morgan fingerprint density at radius 3 is 2.59 bits per heavy atom. The van der Waals surface area contributed by atoms with Gasteiger partial charge in [0.25, 0.3) is 5.91 Å². The third-order valence-electron chi connectivity index (χ3n) is 4.33. The van der Waals surface area contributed by atoms with Gasteiger partial charge in [-0.1, -0.05) is 25.9 Å². The van der Waals surface area contributed by atoms with Crippen molar-refractivity contribution < 1.29 is 22.5 Å². The van der Waals surface area contributed by atoms with E-state index in [4.69, 9.17) is 9.26 Å². The van der Waals surface area contributed by atoms with Crippen LogP contribution < -0.4 is 9.64 Å². The number of carbonyl (C=O) groups is 1. The van der Waals surface area contributed by atoms with Crippen molar-refractivity contribution in [2.75, 3.05) is 24.6 Å². The Kier molecular flexibility index (Phi) is 5.47. The molecule has 0 radical (unpaired) electrons. The molecule has 9 nitrogen and oxygen atoms in total. The second-order valence-corrected chi connectivity index (χ2v) is 7.88. The van der Waals surface area contributed by atoms with Crippen LogP contribution in [0.4, 0.5) is 5.69 Å². The van der Waals surface area contributed by atoms with Gasteiger partial charge >= 0.3 is 0 Å². The van der Waals surface area contributed by atoms with Crippen LogP contribution in [0.2, 0.25) is 0 Å². The summed E-state index contributed by atoms with van der Waals surface area (Å²) in [6.45, 7) is 6.10. The molecule has 1 aromatic carbocycles. The Labute approximate surface area is 158 Å². The predicted octanol–water partition coefficient (Wildman–Crippen LogP) is 1.59. The molecule has 1 aliphatic heterocycles. The minimum atomic E-state index is -3.66. The van der Waals surface area contributed by atoms with Gasteiger partial charge in [-0.2, -0.15) is 9.29 Å². The van der Waals surface area contributed by atoms with E-state index in [-0.39, 0.29) is 24.0 Å². The lowest BCUT2D eigenvalue weighted by molar-refractivity contribution is -0.121. The number of anilines is 1. The molecule has 146 valence electrons. The number of rotatable bonds is 7. The third kappa shape index (κ3) is 3.67. The number of sulfonamides is 1. The molecule has 0 bridgehead atoms. The summed E-state index contributed by atoms with van der Waals surface area (Å²) >= 11 is 0. The second kappa shape index (κ2) is 7.65. The molecular formula is C17H22N4O5S. The maximum Gasteiger partial charge on any atom is 0.265 e. The van der Waals surface area contributed by atoms with Crippen LogP contribution in [-0.4, -0.2) is 48.5 Å². The van der Waals surface area contributed by atoms with Crippen molar-refractivity contribution in [2.45, 2.75) is 38.6 Å². The summed E-state index contributed by atoms with van der Waals surface area (Å²) in [5.41, 5.74) is 0.377. The number of hydrogen-bond donors (Lipinski definition) is 0. The fourth-order valence-electron chi connectivity index (χ4n) is 2.87. The van der Waals surface area contributed by atoms with E-state index in [1.165, 1.54) is 21.3 Å². The van der Waals surface area contributed by atoms with Crippen molar-refractivity contribution in [1.29, 1.82) is 0 Å². The SMILES string of the molecule is CCc1nc(CN2C(=O)COc3ccc(S(=O)(=O)N(CC)CC)cc32)no1. The van der Waals surface area contributed by atoms with Gasteiger partial charge < -0.3 is 9.26 Å². The highest BCUT2D eigenvalue weighted by molar-refractivity contribution is 7.89. The van der Waals surface area contributed by atoms with Crippen LogP contribution in [-0.2, 0) is 27.8 Å². The van der Waals surface area contributed by atoms with Gasteiger partial charge in [-0.15, -0.1) is 0 Å². The van der Waals surface area contributed by atoms with Crippen molar-refractivity contribution in [2.24, 2.45) is 0 Å². The van der Waals surface area contributed by atoms with E-state index in [2.05, 4.69) is 10.1 Å². The highest BCUT2D eigenvalue weighted by Crippen LogP contribution is 2.35. The van der Waals surface area contributed by atoms with Crippen molar-refractivity contribution in [3.63, 3.8) is 0 Å². The molecule has 2 aromatic rings. The second-order valence-electron chi connectivity index (χ2n) is 5.95. The van der Waals surface area contributed by atoms with Crippen LogP contribution in [0.1, 0.15) is 32.5 Å². The first kappa shape index (κ1) is 19.3. The summed E-state index contributed by atoms with van der Waals surface area (Å²) < 4.78 is 37.5. The zero-order chi connectivity index (χ0) is 19.6. The van der Waals surface area contributed by atoms with Gasteiger partial charge in [0.15, 0.2) is 12.4 Å². The molecule has 3 rings (SSSR count). The third-order valence-corrected chi connectivity index (χ3v) is 6.37. The highest BCUT2D eigenvalue weighted by atomic mass is 32.2. The van der Waals surface area contributed by atoms with Gasteiger partial charge in [-0.3, -0.25) is 9.69 Å². The molecule has 10 heteroatoms. The molecule has 0 atom stereocenters.